The van der Waals surface area contributed by atoms with E-state index < -0.39 is 10.1 Å². The highest BCUT2D eigenvalue weighted by Crippen LogP contribution is 2.26. The molecule has 0 amide bonds. The summed E-state index contributed by atoms with van der Waals surface area (Å²) in [5.74, 6) is -0.139. The summed E-state index contributed by atoms with van der Waals surface area (Å²) in [6.45, 7) is 0.801. The summed E-state index contributed by atoms with van der Waals surface area (Å²) < 4.78 is 35.2. The van der Waals surface area contributed by atoms with Crippen molar-refractivity contribution < 1.29 is 17.7 Å². The molecule has 1 atom stereocenters. The third-order valence-electron chi connectivity index (χ3n) is 2.66. The van der Waals surface area contributed by atoms with Gasteiger partial charge in [0.15, 0.2) is 0 Å². The molecule has 1 aliphatic heterocycles. The van der Waals surface area contributed by atoms with Crippen LogP contribution >= 0.6 is 0 Å². The van der Waals surface area contributed by atoms with Gasteiger partial charge in [-0.3, -0.25) is 4.55 Å². The first-order valence-corrected chi connectivity index (χ1v) is 7.61. The fraction of sp³-hybridized carbons (Fsp3) is 1.00. The molecular weight excluding hydrogens is 220 g/mol. The Hall–Kier alpha value is 0.0869. The molecule has 1 rings (SSSR count). The monoisotopic (exact) mass is 238 g/mol. The zero-order valence-corrected chi connectivity index (χ0v) is 11.3. The van der Waals surface area contributed by atoms with E-state index >= 15 is 0 Å². The average Bonchev–Trinajstić information content (AvgIpc) is 2.02. The van der Waals surface area contributed by atoms with Gasteiger partial charge in [0.05, 0.1) is 5.75 Å². The quantitative estimate of drug-likeness (QED) is 0.549. The normalized spacial score (nSPS) is 29.2. The van der Waals surface area contributed by atoms with E-state index in [4.69, 9.17) is 9.29 Å². The lowest BCUT2D eigenvalue weighted by Gasteiger charge is -2.34. The van der Waals surface area contributed by atoms with Crippen LogP contribution in [0.2, 0.25) is 0 Å². The van der Waals surface area contributed by atoms with Crippen LogP contribution in [0, 0.1) is 0 Å². The van der Waals surface area contributed by atoms with Crippen LogP contribution in [0.3, 0.4) is 0 Å². The van der Waals surface area contributed by atoms with Crippen LogP contribution in [0.5, 0.6) is 0 Å². The molecule has 1 unspecified atom stereocenters. The summed E-state index contributed by atoms with van der Waals surface area (Å²) in [6.07, 6.45) is 4.60. The number of hydrogen-bond donors (Lipinski definition) is 1. The van der Waals surface area contributed by atoms with Gasteiger partial charge in [-0.05, 0) is 32.1 Å². The molecular formula is C8H18O4SSi. The standard InChI is InChI=1S/C8H18O4SSi/c9-13(10,11)7-3-5-8(14)4-1-2-6-12-8/h1-7H2,14H3,(H,9,10,11). The summed E-state index contributed by atoms with van der Waals surface area (Å²) in [6, 6.07) is 0. The minimum absolute atomic E-state index is 0.0388. The molecule has 1 heterocycles. The summed E-state index contributed by atoms with van der Waals surface area (Å²) in [7, 11) is -2.86. The van der Waals surface area contributed by atoms with E-state index in [0.717, 1.165) is 36.1 Å². The zero-order valence-electron chi connectivity index (χ0n) is 8.53. The van der Waals surface area contributed by atoms with Crippen molar-refractivity contribution >= 4 is 20.4 Å². The molecule has 0 spiro atoms. The summed E-state index contributed by atoms with van der Waals surface area (Å²) in [4.78, 5) is 0. The molecule has 6 heteroatoms. The van der Waals surface area contributed by atoms with Crippen LogP contribution in [-0.2, 0) is 14.9 Å². The van der Waals surface area contributed by atoms with Gasteiger partial charge in [0.2, 0.25) is 0 Å². The van der Waals surface area contributed by atoms with Crippen molar-refractivity contribution in [3.8, 4) is 0 Å². The third kappa shape index (κ3) is 4.54. The van der Waals surface area contributed by atoms with Crippen molar-refractivity contribution in [3.05, 3.63) is 0 Å². The molecule has 0 saturated carbocycles. The van der Waals surface area contributed by atoms with Gasteiger partial charge in [-0.1, -0.05) is 0 Å². The Labute approximate surface area is 88.2 Å². The van der Waals surface area contributed by atoms with Crippen LogP contribution in [0.15, 0.2) is 0 Å². The first kappa shape index (κ1) is 12.2. The van der Waals surface area contributed by atoms with E-state index in [-0.39, 0.29) is 11.0 Å². The van der Waals surface area contributed by atoms with Gasteiger partial charge in [-0.2, -0.15) is 8.42 Å². The molecule has 0 bridgehead atoms. The lowest BCUT2D eigenvalue weighted by atomic mass is 10.0. The fourth-order valence-electron chi connectivity index (χ4n) is 1.82. The van der Waals surface area contributed by atoms with Crippen molar-refractivity contribution in [3.63, 3.8) is 0 Å². The predicted molar refractivity (Wildman–Crippen MR) is 58.1 cm³/mol. The fourth-order valence-corrected chi connectivity index (χ4v) is 3.24. The summed E-state index contributed by atoms with van der Waals surface area (Å²) >= 11 is 0. The second-order valence-corrected chi connectivity index (χ2v) is 7.54. The molecule has 1 aliphatic rings. The lowest BCUT2D eigenvalue weighted by molar-refractivity contribution is -0.0228. The molecule has 1 saturated heterocycles. The highest BCUT2D eigenvalue weighted by atomic mass is 32.2. The third-order valence-corrected chi connectivity index (χ3v) is 4.75. The summed E-state index contributed by atoms with van der Waals surface area (Å²) in [5, 5.41) is -0.0388. The van der Waals surface area contributed by atoms with Gasteiger partial charge in [-0.15, -0.1) is 0 Å². The molecule has 0 aliphatic carbocycles. The maximum absolute atomic E-state index is 10.5. The molecule has 0 radical (unpaired) electrons. The summed E-state index contributed by atoms with van der Waals surface area (Å²) in [5.41, 5.74) is 0. The van der Waals surface area contributed by atoms with Crippen LogP contribution < -0.4 is 0 Å². The molecule has 1 fully saturated rings. The Morgan fingerprint density at radius 2 is 2.14 bits per heavy atom. The number of hydrogen-bond acceptors (Lipinski definition) is 3. The van der Waals surface area contributed by atoms with Gasteiger partial charge >= 0.3 is 0 Å². The maximum atomic E-state index is 10.5. The van der Waals surface area contributed by atoms with Crippen LogP contribution in [0.1, 0.15) is 32.1 Å². The Kier molecular flexibility index (Phi) is 4.11. The highest BCUT2D eigenvalue weighted by Gasteiger charge is 2.27. The number of rotatable bonds is 4. The average molecular weight is 238 g/mol. The van der Waals surface area contributed by atoms with Gasteiger partial charge in [0.25, 0.3) is 10.1 Å². The van der Waals surface area contributed by atoms with Crippen molar-refractivity contribution in [1.29, 1.82) is 0 Å². The Morgan fingerprint density at radius 3 is 2.64 bits per heavy atom. The molecule has 84 valence electrons. The molecule has 14 heavy (non-hydrogen) atoms. The second-order valence-electron chi connectivity index (χ2n) is 4.15. The van der Waals surface area contributed by atoms with E-state index in [0.29, 0.717) is 6.42 Å². The van der Waals surface area contributed by atoms with Crippen molar-refractivity contribution in [2.45, 2.75) is 37.3 Å². The molecule has 0 aromatic rings. The first-order chi connectivity index (χ1) is 6.41. The highest BCUT2D eigenvalue weighted by molar-refractivity contribution is 7.85. The van der Waals surface area contributed by atoms with E-state index in [1.165, 1.54) is 6.42 Å². The minimum atomic E-state index is -3.79. The van der Waals surface area contributed by atoms with Crippen molar-refractivity contribution in [2.75, 3.05) is 12.4 Å². The smallest absolute Gasteiger partial charge is 0.264 e. The molecule has 1 N–H and O–H groups in total. The minimum Gasteiger partial charge on any atom is -0.380 e. The van der Waals surface area contributed by atoms with E-state index in [1.807, 2.05) is 0 Å². The van der Waals surface area contributed by atoms with Gasteiger partial charge in [0.1, 0.15) is 0 Å². The van der Waals surface area contributed by atoms with E-state index in [2.05, 4.69) is 0 Å². The number of ether oxygens (including phenoxy) is 1. The van der Waals surface area contributed by atoms with Crippen molar-refractivity contribution in [1.82, 2.24) is 0 Å². The van der Waals surface area contributed by atoms with Crippen LogP contribution in [-0.4, -0.2) is 40.8 Å². The molecule has 4 nitrogen and oxygen atoms in total. The zero-order chi connectivity index (χ0) is 10.7. The van der Waals surface area contributed by atoms with Crippen molar-refractivity contribution in [2.24, 2.45) is 0 Å². The topological polar surface area (TPSA) is 63.6 Å². The largest absolute Gasteiger partial charge is 0.380 e. The lowest BCUT2D eigenvalue weighted by Crippen LogP contribution is -2.37. The Bertz CT molecular complexity index is 269. The predicted octanol–water partition coefficient (Wildman–Crippen LogP) is -0.0834. The van der Waals surface area contributed by atoms with Crippen LogP contribution in [0.4, 0.5) is 0 Å². The molecule has 0 aromatic heterocycles. The Morgan fingerprint density at radius 1 is 1.43 bits per heavy atom. The van der Waals surface area contributed by atoms with Gasteiger partial charge < -0.3 is 4.74 Å². The van der Waals surface area contributed by atoms with Gasteiger partial charge in [-0.25, -0.2) is 0 Å². The van der Waals surface area contributed by atoms with E-state index in [1.54, 1.807) is 0 Å². The van der Waals surface area contributed by atoms with Gasteiger partial charge in [0, 0.05) is 22.1 Å². The SMILES string of the molecule is O=S(=O)(O)CCCC1([SiH3])CCCCO1. The molecule has 0 aromatic carbocycles. The Balaban J connectivity index is 2.29. The second kappa shape index (κ2) is 4.74. The maximum Gasteiger partial charge on any atom is 0.264 e. The van der Waals surface area contributed by atoms with E-state index in [9.17, 15) is 8.42 Å². The first-order valence-electron chi connectivity index (χ1n) is 5.00. The van der Waals surface area contributed by atoms with Crippen LogP contribution in [0.25, 0.3) is 0 Å².